The first-order valence-corrected chi connectivity index (χ1v) is 11.4. The summed E-state index contributed by atoms with van der Waals surface area (Å²) in [4.78, 5) is 17.6. The third kappa shape index (κ3) is 5.36. The highest BCUT2D eigenvalue weighted by Crippen LogP contribution is 2.38. The standard InChI is InChI=1S/C27H27N5O6/c1-34-18-12-10-16(11-13-18)26-28-24(27(33)32-31-26)23(30-29-19-8-6-7-9-20(19)35-2)17-14-21(36-3)25(38-5)22(15-17)37-4/h6-15,29H,1-5H3,(H,32,33)/b30-23+. The quantitative estimate of drug-likeness (QED) is 0.239. The summed E-state index contributed by atoms with van der Waals surface area (Å²) >= 11 is 0. The van der Waals surface area contributed by atoms with E-state index in [0.717, 1.165) is 0 Å². The number of methoxy groups -OCH3 is 5. The molecule has 1 aromatic heterocycles. The Bertz CT molecular complexity index is 1480. The second-order valence-corrected chi connectivity index (χ2v) is 7.75. The van der Waals surface area contributed by atoms with Crippen LogP contribution in [0.3, 0.4) is 0 Å². The maximum Gasteiger partial charge on any atom is 0.292 e. The van der Waals surface area contributed by atoms with Gasteiger partial charge in [-0.15, -0.1) is 0 Å². The zero-order valence-corrected chi connectivity index (χ0v) is 21.6. The van der Waals surface area contributed by atoms with Crippen molar-refractivity contribution in [2.75, 3.05) is 41.0 Å². The zero-order chi connectivity index (χ0) is 27.1. The minimum atomic E-state index is -0.545. The molecule has 2 N–H and O–H groups in total. The van der Waals surface area contributed by atoms with E-state index in [9.17, 15) is 4.79 Å². The Hall–Kier alpha value is -5.06. The molecule has 0 spiro atoms. The van der Waals surface area contributed by atoms with E-state index >= 15 is 0 Å². The number of nitrogens with one attached hydrogen (secondary N) is 2. The van der Waals surface area contributed by atoms with Crippen LogP contribution in [0.25, 0.3) is 11.4 Å². The third-order valence-corrected chi connectivity index (χ3v) is 5.60. The van der Waals surface area contributed by atoms with E-state index in [0.29, 0.717) is 51.4 Å². The molecule has 1 heterocycles. The van der Waals surface area contributed by atoms with Gasteiger partial charge in [0.05, 0.1) is 41.2 Å². The van der Waals surface area contributed by atoms with Crippen LogP contribution in [0.15, 0.2) is 70.6 Å². The van der Waals surface area contributed by atoms with Crippen molar-refractivity contribution >= 4 is 11.4 Å². The van der Waals surface area contributed by atoms with Gasteiger partial charge in [0.2, 0.25) is 5.75 Å². The summed E-state index contributed by atoms with van der Waals surface area (Å²) in [5.41, 5.74) is 4.39. The Labute approximate surface area is 219 Å². The minimum Gasteiger partial charge on any atom is -0.497 e. The Balaban J connectivity index is 1.91. The zero-order valence-electron chi connectivity index (χ0n) is 21.6. The van der Waals surface area contributed by atoms with E-state index in [-0.39, 0.29) is 11.4 Å². The molecule has 4 rings (SSSR count). The summed E-state index contributed by atoms with van der Waals surface area (Å²) in [7, 11) is 7.65. The van der Waals surface area contributed by atoms with E-state index in [1.807, 2.05) is 12.1 Å². The first-order valence-electron chi connectivity index (χ1n) is 11.4. The van der Waals surface area contributed by atoms with E-state index in [1.54, 1.807) is 62.8 Å². The highest BCUT2D eigenvalue weighted by Gasteiger charge is 2.21. The number of benzene rings is 3. The van der Waals surface area contributed by atoms with Crippen LogP contribution in [0.4, 0.5) is 5.69 Å². The number of hydrogen-bond donors (Lipinski definition) is 2. The number of rotatable bonds is 10. The van der Waals surface area contributed by atoms with Gasteiger partial charge in [-0.2, -0.15) is 10.2 Å². The molecule has 11 nitrogen and oxygen atoms in total. The maximum atomic E-state index is 13.1. The molecule has 0 aliphatic heterocycles. The van der Waals surface area contributed by atoms with E-state index in [4.69, 9.17) is 23.7 Å². The first kappa shape index (κ1) is 26.0. The van der Waals surface area contributed by atoms with Crippen molar-refractivity contribution in [1.82, 2.24) is 15.2 Å². The Morgan fingerprint density at radius 1 is 0.816 bits per heavy atom. The SMILES string of the molecule is COc1ccc(-c2n[nH]c(=O)c(/C(=N/Nc3ccccc3OC)c3cc(OC)c(OC)c(OC)c3)n2)cc1. The molecule has 11 heteroatoms. The minimum absolute atomic E-state index is 0.0162. The van der Waals surface area contributed by atoms with Gasteiger partial charge in [-0.1, -0.05) is 12.1 Å². The number of ether oxygens (including phenoxy) is 5. The van der Waals surface area contributed by atoms with Crippen LogP contribution in [0.5, 0.6) is 28.7 Å². The molecule has 0 saturated heterocycles. The topological polar surface area (TPSA) is 129 Å². The second-order valence-electron chi connectivity index (χ2n) is 7.75. The van der Waals surface area contributed by atoms with Crippen LogP contribution in [0, 0.1) is 0 Å². The summed E-state index contributed by atoms with van der Waals surface area (Å²) in [6.45, 7) is 0. The lowest BCUT2D eigenvalue weighted by molar-refractivity contribution is 0.324. The molecule has 4 aromatic rings. The molecule has 196 valence electrons. The first-order chi connectivity index (χ1) is 18.5. The number of hydrazone groups is 1. The summed E-state index contributed by atoms with van der Waals surface area (Å²) < 4.78 is 27.1. The second kappa shape index (κ2) is 11.8. The van der Waals surface area contributed by atoms with Gasteiger partial charge < -0.3 is 23.7 Å². The average Bonchev–Trinajstić information content (AvgIpc) is 2.97. The van der Waals surface area contributed by atoms with Gasteiger partial charge in [-0.25, -0.2) is 10.1 Å². The largest absolute Gasteiger partial charge is 0.497 e. The van der Waals surface area contributed by atoms with Gasteiger partial charge in [0.1, 0.15) is 17.2 Å². The van der Waals surface area contributed by atoms with Crippen LogP contribution in [-0.4, -0.2) is 56.4 Å². The summed E-state index contributed by atoms with van der Waals surface area (Å²) in [5.74, 6) is 2.70. The van der Waals surface area contributed by atoms with Crippen LogP contribution in [0.2, 0.25) is 0 Å². The van der Waals surface area contributed by atoms with Crippen LogP contribution in [0.1, 0.15) is 11.3 Å². The number of aromatic amines is 1. The highest BCUT2D eigenvalue weighted by atomic mass is 16.5. The highest BCUT2D eigenvalue weighted by molar-refractivity contribution is 6.12. The number of hydrogen-bond acceptors (Lipinski definition) is 10. The van der Waals surface area contributed by atoms with Crippen molar-refractivity contribution in [3.8, 4) is 40.1 Å². The van der Waals surface area contributed by atoms with Gasteiger partial charge in [0, 0.05) is 11.1 Å². The van der Waals surface area contributed by atoms with Crippen molar-refractivity contribution in [2.24, 2.45) is 5.10 Å². The number of aromatic nitrogens is 3. The third-order valence-electron chi connectivity index (χ3n) is 5.60. The molecule has 38 heavy (non-hydrogen) atoms. The Morgan fingerprint density at radius 2 is 1.47 bits per heavy atom. The fourth-order valence-corrected chi connectivity index (χ4v) is 3.69. The van der Waals surface area contributed by atoms with Gasteiger partial charge >= 0.3 is 0 Å². The van der Waals surface area contributed by atoms with Gasteiger partial charge in [0.25, 0.3) is 5.56 Å². The molecule has 0 radical (unpaired) electrons. The monoisotopic (exact) mass is 517 g/mol. The van der Waals surface area contributed by atoms with E-state index in [2.05, 4.69) is 25.7 Å². The normalized spacial score (nSPS) is 11.0. The molecule has 3 aromatic carbocycles. The lowest BCUT2D eigenvalue weighted by atomic mass is 10.1. The lowest BCUT2D eigenvalue weighted by Crippen LogP contribution is -2.24. The van der Waals surface area contributed by atoms with Gasteiger partial charge in [-0.3, -0.25) is 10.2 Å². The van der Waals surface area contributed by atoms with Crippen LogP contribution in [-0.2, 0) is 0 Å². The number of anilines is 1. The summed E-state index contributed by atoms with van der Waals surface area (Å²) in [5, 5.41) is 11.2. The number of nitrogens with zero attached hydrogens (tertiary/aromatic N) is 3. The molecule has 0 aliphatic rings. The molecule has 0 amide bonds. The molecule has 0 bridgehead atoms. The van der Waals surface area contributed by atoms with E-state index in [1.165, 1.54) is 21.3 Å². The molecule has 0 fully saturated rings. The fraction of sp³-hybridized carbons (Fsp3) is 0.185. The van der Waals surface area contributed by atoms with E-state index < -0.39 is 5.56 Å². The molecule has 0 aliphatic carbocycles. The summed E-state index contributed by atoms with van der Waals surface area (Å²) in [6, 6.07) is 17.7. The molecule has 0 unspecified atom stereocenters. The Morgan fingerprint density at radius 3 is 2.08 bits per heavy atom. The molecular formula is C27H27N5O6. The predicted molar refractivity (Wildman–Crippen MR) is 143 cm³/mol. The molecular weight excluding hydrogens is 490 g/mol. The van der Waals surface area contributed by atoms with Crippen LogP contribution >= 0.6 is 0 Å². The lowest BCUT2D eigenvalue weighted by Gasteiger charge is -2.15. The van der Waals surface area contributed by atoms with Crippen molar-refractivity contribution in [3.05, 3.63) is 82.3 Å². The number of H-pyrrole nitrogens is 1. The number of para-hydroxylation sites is 2. The van der Waals surface area contributed by atoms with Gasteiger partial charge in [0.15, 0.2) is 23.0 Å². The van der Waals surface area contributed by atoms with Crippen molar-refractivity contribution in [3.63, 3.8) is 0 Å². The van der Waals surface area contributed by atoms with Crippen LogP contribution < -0.4 is 34.7 Å². The van der Waals surface area contributed by atoms with Crippen molar-refractivity contribution in [1.29, 1.82) is 0 Å². The molecule has 0 atom stereocenters. The predicted octanol–water partition coefficient (Wildman–Crippen LogP) is 3.74. The fourth-order valence-electron chi connectivity index (χ4n) is 3.69. The van der Waals surface area contributed by atoms with Crippen molar-refractivity contribution < 1.29 is 23.7 Å². The van der Waals surface area contributed by atoms with Crippen molar-refractivity contribution in [2.45, 2.75) is 0 Å². The smallest absolute Gasteiger partial charge is 0.292 e. The average molecular weight is 518 g/mol. The molecule has 0 saturated carbocycles. The van der Waals surface area contributed by atoms with Gasteiger partial charge in [-0.05, 0) is 48.5 Å². The maximum absolute atomic E-state index is 13.1. The summed E-state index contributed by atoms with van der Waals surface area (Å²) in [6.07, 6.45) is 0. The Kier molecular flexibility index (Phi) is 8.07.